The fourth-order valence-electron chi connectivity index (χ4n) is 5.32. The van der Waals surface area contributed by atoms with Gasteiger partial charge in [0.05, 0.1) is 12.6 Å². The van der Waals surface area contributed by atoms with Gasteiger partial charge in [-0.2, -0.15) is 0 Å². The Balaban J connectivity index is 1.31. The van der Waals surface area contributed by atoms with Crippen LogP contribution in [0.2, 0.25) is 0 Å². The van der Waals surface area contributed by atoms with Crippen molar-refractivity contribution in [2.24, 2.45) is 11.3 Å². The Labute approximate surface area is 201 Å². The Morgan fingerprint density at radius 1 is 1.12 bits per heavy atom. The van der Waals surface area contributed by atoms with E-state index >= 15 is 0 Å². The van der Waals surface area contributed by atoms with Crippen LogP contribution in [0.3, 0.4) is 0 Å². The third-order valence-corrected chi connectivity index (χ3v) is 7.35. The van der Waals surface area contributed by atoms with Gasteiger partial charge >= 0.3 is 6.09 Å². The Kier molecular flexibility index (Phi) is 6.40. The number of hydrogen-bond donors (Lipinski definition) is 1. The van der Waals surface area contributed by atoms with Crippen LogP contribution in [0.1, 0.15) is 38.3 Å². The summed E-state index contributed by atoms with van der Waals surface area (Å²) in [5.74, 6) is 2.04. The van der Waals surface area contributed by atoms with Crippen molar-refractivity contribution in [3.63, 3.8) is 0 Å². The van der Waals surface area contributed by atoms with Gasteiger partial charge in [-0.3, -0.25) is 4.90 Å². The summed E-state index contributed by atoms with van der Waals surface area (Å²) >= 11 is 0. The lowest BCUT2D eigenvalue weighted by molar-refractivity contribution is -0.0361. The molecular formula is C27H34N2O5. The highest BCUT2D eigenvalue weighted by Crippen LogP contribution is 2.44. The molecule has 2 atom stereocenters. The van der Waals surface area contributed by atoms with E-state index in [-0.39, 0.29) is 30.4 Å². The van der Waals surface area contributed by atoms with Gasteiger partial charge in [0.1, 0.15) is 17.6 Å². The van der Waals surface area contributed by atoms with Crippen molar-refractivity contribution < 1.29 is 23.7 Å². The van der Waals surface area contributed by atoms with Crippen LogP contribution in [0, 0.1) is 11.3 Å². The van der Waals surface area contributed by atoms with Gasteiger partial charge in [-0.05, 0) is 61.2 Å². The molecule has 1 unspecified atom stereocenters. The zero-order valence-corrected chi connectivity index (χ0v) is 20.2. The Hall–Kier alpha value is -2.77. The van der Waals surface area contributed by atoms with E-state index in [1.165, 1.54) is 0 Å². The number of carbonyl (C=O) groups excluding carboxylic acids is 1. The molecule has 2 bridgehead atoms. The molecular weight excluding hydrogens is 432 g/mol. The normalized spacial score (nSPS) is 26.8. The molecule has 0 spiro atoms. The minimum atomic E-state index is -0.333. The summed E-state index contributed by atoms with van der Waals surface area (Å²) in [6.07, 6.45) is 1.89. The maximum absolute atomic E-state index is 12.9. The second-order valence-corrected chi connectivity index (χ2v) is 10.3. The number of nitrogens with one attached hydrogen (secondary N) is 1. The molecule has 1 amide bonds. The van der Waals surface area contributed by atoms with Crippen molar-refractivity contribution >= 4 is 6.09 Å². The molecule has 3 saturated heterocycles. The highest BCUT2D eigenvalue weighted by atomic mass is 16.7. The highest BCUT2D eigenvalue weighted by Gasteiger charge is 2.41. The lowest BCUT2D eigenvalue weighted by atomic mass is 9.78. The first-order valence-electron chi connectivity index (χ1n) is 12.1. The molecule has 4 heterocycles. The summed E-state index contributed by atoms with van der Waals surface area (Å²) < 4.78 is 22.5. The number of benzene rings is 2. The van der Waals surface area contributed by atoms with E-state index in [1.54, 1.807) is 7.11 Å². The number of methoxy groups -OCH3 is 1. The molecule has 7 heteroatoms. The number of fused-ring (bicyclic) bond motifs is 4. The smallest absolute Gasteiger partial charge is 0.407 e. The number of rotatable bonds is 6. The number of hydrogen-bond acceptors (Lipinski definition) is 6. The van der Waals surface area contributed by atoms with Gasteiger partial charge in [-0.25, -0.2) is 4.79 Å². The van der Waals surface area contributed by atoms with Gasteiger partial charge in [0.25, 0.3) is 0 Å². The van der Waals surface area contributed by atoms with E-state index in [4.69, 9.17) is 18.9 Å². The van der Waals surface area contributed by atoms with Gasteiger partial charge < -0.3 is 24.3 Å². The van der Waals surface area contributed by atoms with Crippen LogP contribution in [0.15, 0.2) is 42.5 Å². The number of ether oxygens (including phenoxy) is 4. The summed E-state index contributed by atoms with van der Waals surface area (Å²) in [6.45, 7) is 8.06. The summed E-state index contributed by atoms with van der Waals surface area (Å²) in [5, 5.41) is 3.17. The second kappa shape index (κ2) is 9.47. The molecule has 4 aliphatic heterocycles. The van der Waals surface area contributed by atoms with Crippen LogP contribution in [0.4, 0.5) is 4.79 Å². The molecule has 7 nitrogen and oxygen atoms in total. The standard InChI is InChI=1S/C27H34N2O5/c1-27(2)16-32-23-14-20(18-4-7-21(8-5-18)33-17-31-3)6-9-22(23)25(27)28-26(30)34-24-15-29-12-10-19(24)11-13-29/h4-9,14,19,24-25H,10-13,15-17H2,1-3H3,(H,28,30)/t24-,25?/m0/s1. The van der Waals surface area contributed by atoms with Gasteiger partial charge in [-0.1, -0.05) is 38.1 Å². The van der Waals surface area contributed by atoms with Crippen LogP contribution in [0.5, 0.6) is 11.5 Å². The lowest BCUT2D eigenvalue weighted by Gasteiger charge is -2.44. The van der Waals surface area contributed by atoms with Gasteiger partial charge in [-0.15, -0.1) is 0 Å². The zero-order valence-electron chi connectivity index (χ0n) is 20.2. The third-order valence-electron chi connectivity index (χ3n) is 7.35. The maximum atomic E-state index is 12.9. The average Bonchev–Trinajstić information content (AvgIpc) is 2.85. The Bertz CT molecular complexity index is 1010. The SMILES string of the molecule is COCOc1ccc(-c2ccc3c(c2)OCC(C)(C)C3NC(=O)O[C@H]2CN3CCC2CC3)cc1. The van der Waals surface area contributed by atoms with Crippen molar-refractivity contribution in [1.29, 1.82) is 0 Å². The zero-order chi connectivity index (χ0) is 23.7. The van der Waals surface area contributed by atoms with Crippen LogP contribution in [-0.4, -0.2) is 57.2 Å². The monoisotopic (exact) mass is 466 g/mol. The number of carbonyl (C=O) groups is 1. The van der Waals surface area contributed by atoms with E-state index in [9.17, 15) is 4.79 Å². The Morgan fingerprint density at radius 3 is 2.53 bits per heavy atom. The van der Waals surface area contributed by atoms with Crippen LogP contribution in [0.25, 0.3) is 11.1 Å². The molecule has 1 N–H and O–H groups in total. The number of alkyl carbamates (subject to hydrolysis) is 1. The Morgan fingerprint density at radius 2 is 1.85 bits per heavy atom. The summed E-state index contributed by atoms with van der Waals surface area (Å²) in [4.78, 5) is 15.3. The van der Waals surface area contributed by atoms with E-state index in [0.717, 1.165) is 60.7 Å². The molecule has 0 radical (unpaired) electrons. The summed E-state index contributed by atoms with van der Waals surface area (Å²) in [5.41, 5.74) is 2.83. The first-order valence-corrected chi connectivity index (χ1v) is 12.1. The maximum Gasteiger partial charge on any atom is 0.407 e. The van der Waals surface area contributed by atoms with Gasteiger partial charge in [0.15, 0.2) is 6.79 Å². The molecule has 182 valence electrons. The topological polar surface area (TPSA) is 69.3 Å². The first-order chi connectivity index (χ1) is 16.4. The van der Waals surface area contributed by atoms with Crippen LogP contribution < -0.4 is 14.8 Å². The van der Waals surface area contributed by atoms with Crippen LogP contribution in [-0.2, 0) is 9.47 Å². The van der Waals surface area contributed by atoms with E-state index in [1.807, 2.05) is 30.3 Å². The quantitative estimate of drug-likeness (QED) is 0.627. The number of nitrogens with zero attached hydrogens (tertiary/aromatic N) is 1. The number of amides is 1. The molecule has 4 aliphatic rings. The molecule has 34 heavy (non-hydrogen) atoms. The predicted molar refractivity (Wildman–Crippen MR) is 129 cm³/mol. The molecule has 0 aliphatic carbocycles. The van der Waals surface area contributed by atoms with Crippen molar-refractivity contribution in [3.8, 4) is 22.6 Å². The van der Waals surface area contributed by atoms with E-state index < -0.39 is 0 Å². The molecule has 2 aromatic carbocycles. The summed E-state index contributed by atoms with van der Waals surface area (Å²) in [7, 11) is 1.60. The van der Waals surface area contributed by atoms with Crippen molar-refractivity contribution in [3.05, 3.63) is 48.0 Å². The minimum Gasteiger partial charge on any atom is -0.493 e. The first kappa shape index (κ1) is 23.0. The molecule has 0 aromatic heterocycles. The minimum absolute atomic E-state index is 0.0110. The fourth-order valence-corrected chi connectivity index (χ4v) is 5.32. The molecule has 0 saturated carbocycles. The lowest BCUT2D eigenvalue weighted by Crippen LogP contribution is -2.53. The molecule has 6 rings (SSSR count). The van der Waals surface area contributed by atoms with Gasteiger partial charge in [0, 0.05) is 24.6 Å². The number of piperidine rings is 3. The van der Waals surface area contributed by atoms with E-state index in [0.29, 0.717) is 12.5 Å². The second-order valence-electron chi connectivity index (χ2n) is 10.3. The fraction of sp³-hybridized carbons (Fsp3) is 0.519. The van der Waals surface area contributed by atoms with Crippen LogP contribution >= 0.6 is 0 Å². The average molecular weight is 467 g/mol. The third kappa shape index (κ3) is 4.72. The highest BCUT2D eigenvalue weighted by molar-refractivity contribution is 5.70. The van der Waals surface area contributed by atoms with Crippen molar-refractivity contribution in [2.45, 2.75) is 38.8 Å². The summed E-state index contributed by atoms with van der Waals surface area (Å²) in [6, 6.07) is 13.9. The van der Waals surface area contributed by atoms with Gasteiger partial charge in [0.2, 0.25) is 0 Å². The van der Waals surface area contributed by atoms with E-state index in [2.05, 4.69) is 36.2 Å². The molecule has 3 fully saturated rings. The predicted octanol–water partition coefficient (Wildman–Crippen LogP) is 4.62. The largest absolute Gasteiger partial charge is 0.493 e. The van der Waals surface area contributed by atoms with Crippen molar-refractivity contribution in [1.82, 2.24) is 10.2 Å². The van der Waals surface area contributed by atoms with Crippen molar-refractivity contribution in [2.75, 3.05) is 40.1 Å². The molecule has 2 aromatic rings.